The summed E-state index contributed by atoms with van der Waals surface area (Å²) in [5.41, 5.74) is 9.55. The fourth-order valence-electron chi connectivity index (χ4n) is 3.08. The lowest BCUT2D eigenvalue weighted by molar-refractivity contribution is 0.206. The summed E-state index contributed by atoms with van der Waals surface area (Å²) in [4.78, 5) is 0. The highest BCUT2D eigenvalue weighted by Crippen LogP contribution is 2.40. The Kier molecular flexibility index (Phi) is 3.55. The van der Waals surface area contributed by atoms with Gasteiger partial charge >= 0.3 is 0 Å². The molecular formula is C17H27N. The van der Waals surface area contributed by atoms with Crippen LogP contribution < -0.4 is 5.73 Å². The Morgan fingerprint density at radius 3 is 2.56 bits per heavy atom. The van der Waals surface area contributed by atoms with Gasteiger partial charge in [0.25, 0.3) is 0 Å². The SMILES string of the molecule is C[C@@H]1CCCC[C@@]1(N)c1cccc(C(C)(C)C)c1. The summed E-state index contributed by atoms with van der Waals surface area (Å²) in [7, 11) is 0. The number of rotatable bonds is 1. The molecule has 100 valence electrons. The molecule has 1 nitrogen and oxygen atoms in total. The molecule has 1 aliphatic rings. The lowest BCUT2D eigenvalue weighted by Crippen LogP contribution is -2.45. The summed E-state index contributed by atoms with van der Waals surface area (Å²) in [6.45, 7) is 9.10. The van der Waals surface area contributed by atoms with E-state index >= 15 is 0 Å². The molecular weight excluding hydrogens is 218 g/mol. The van der Waals surface area contributed by atoms with Crippen molar-refractivity contribution in [2.45, 2.75) is 64.3 Å². The summed E-state index contributed by atoms with van der Waals surface area (Å²) in [6.07, 6.45) is 4.98. The van der Waals surface area contributed by atoms with Crippen molar-refractivity contribution >= 4 is 0 Å². The summed E-state index contributed by atoms with van der Waals surface area (Å²) >= 11 is 0. The number of hydrogen-bond donors (Lipinski definition) is 1. The van der Waals surface area contributed by atoms with E-state index in [0.29, 0.717) is 5.92 Å². The third-order valence-electron chi connectivity index (χ3n) is 4.62. The van der Waals surface area contributed by atoms with E-state index in [-0.39, 0.29) is 11.0 Å². The highest BCUT2D eigenvalue weighted by molar-refractivity contribution is 5.33. The standard InChI is InChI=1S/C17H27N/c1-13-8-5-6-11-17(13,18)15-10-7-9-14(12-15)16(2,3)4/h7,9-10,12-13H,5-6,8,11,18H2,1-4H3/t13-,17+/m1/s1. The average Bonchev–Trinajstić information content (AvgIpc) is 2.32. The van der Waals surface area contributed by atoms with Gasteiger partial charge in [-0.1, -0.05) is 64.8 Å². The monoisotopic (exact) mass is 245 g/mol. The molecule has 0 spiro atoms. The summed E-state index contributed by atoms with van der Waals surface area (Å²) in [5.74, 6) is 0.585. The molecule has 0 aliphatic heterocycles. The minimum Gasteiger partial charge on any atom is -0.321 e. The molecule has 0 amide bonds. The quantitative estimate of drug-likeness (QED) is 0.782. The predicted molar refractivity (Wildman–Crippen MR) is 78.6 cm³/mol. The van der Waals surface area contributed by atoms with Crippen molar-refractivity contribution in [2.75, 3.05) is 0 Å². The maximum Gasteiger partial charge on any atom is 0.0435 e. The minimum atomic E-state index is -0.112. The van der Waals surface area contributed by atoms with Gasteiger partial charge in [-0.3, -0.25) is 0 Å². The van der Waals surface area contributed by atoms with Crippen LogP contribution in [0.4, 0.5) is 0 Å². The van der Waals surface area contributed by atoms with Crippen molar-refractivity contribution in [1.82, 2.24) is 0 Å². The molecule has 1 heteroatoms. The maximum absolute atomic E-state index is 6.74. The third kappa shape index (κ3) is 2.47. The van der Waals surface area contributed by atoms with Crippen LogP contribution in [0.25, 0.3) is 0 Å². The van der Waals surface area contributed by atoms with Gasteiger partial charge in [0.2, 0.25) is 0 Å². The van der Waals surface area contributed by atoms with Crippen LogP contribution in [0, 0.1) is 5.92 Å². The Morgan fingerprint density at radius 2 is 1.94 bits per heavy atom. The van der Waals surface area contributed by atoms with Gasteiger partial charge in [0, 0.05) is 5.54 Å². The van der Waals surface area contributed by atoms with Crippen LogP contribution in [-0.2, 0) is 11.0 Å². The first-order valence-electron chi connectivity index (χ1n) is 7.24. The smallest absolute Gasteiger partial charge is 0.0435 e. The third-order valence-corrected chi connectivity index (χ3v) is 4.62. The van der Waals surface area contributed by atoms with Gasteiger partial charge in [-0.05, 0) is 35.3 Å². The van der Waals surface area contributed by atoms with Crippen molar-refractivity contribution in [2.24, 2.45) is 11.7 Å². The Hall–Kier alpha value is -0.820. The predicted octanol–water partition coefficient (Wildman–Crippen LogP) is 4.35. The van der Waals surface area contributed by atoms with Gasteiger partial charge in [-0.15, -0.1) is 0 Å². The van der Waals surface area contributed by atoms with E-state index in [2.05, 4.69) is 52.0 Å². The second kappa shape index (κ2) is 4.70. The minimum absolute atomic E-state index is 0.112. The van der Waals surface area contributed by atoms with E-state index in [0.717, 1.165) is 6.42 Å². The van der Waals surface area contributed by atoms with Crippen molar-refractivity contribution in [3.63, 3.8) is 0 Å². The largest absolute Gasteiger partial charge is 0.321 e. The molecule has 0 radical (unpaired) electrons. The van der Waals surface area contributed by atoms with Crippen molar-refractivity contribution < 1.29 is 0 Å². The van der Waals surface area contributed by atoms with E-state index in [9.17, 15) is 0 Å². The van der Waals surface area contributed by atoms with Gasteiger partial charge in [-0.2, -0.15) is 0 Å². The Labute approximate surface area is 112 Å². The molecule has 1 saturated carbocycles. The summed E-state index contributed by atoms with van der Waals surface area (Å²) < 4.78 is 0. The van der Waals surface area contributed by atoms with Crippen LogP contribution in [0.3, 0.4) is 0 Å². The Balaban J connectivity index is 2.38. The first kappa shape index (κ1) is 13.6. The molecule has 2 N–H and O–H groups in total. The molecule has 0 unspecified atom stereocenters. The van der Waals surface area contributed by atoms with Crippen LogP contribution in [0.15, 0.2) is 24.3 Å². The highest BCUT2D eigenvalue weighted by Gasteiger charge is 2.36. The molecule has 1 aromatic carbocycles. The number of hydrogen-bond acceptors (Lipinski definition) is 1. The van der Waals surface area contributed by atoms with Crippen molar-refractivity contribution in [3.05, 3.63) is 35.4 Å². The molecule has 18 heavy (non-hydrogen) atoms. The zero-order valence-corrected chi connectivity index (χ0v) is 12.3. The Morgan fingerprint density at radius 1 is 1.22 bits per heavy atom. The summed E-state index contributed by atoms with van der Waals surface area (Å²) in [5, 5.41) is 0. The van der Waals surface area contributed by atoms with Crippen LogP contribution in [0.1, 0.15) is 64.5 Å². The first-order chi connectivity index (χ1) is 8.34. The molecule has 1 aliphatic carbocycles. The lowest BCUT2D eigenvalue weighted by atomic mass is 9.69. The van der Waals surface area contributed by atoms with E-state index in [1.54, 1.807) is 0 Å². The van der Waals surface area contributed by atoms with Gasteiger partial charge in [0.15, 0.2) is 0 Å². The fraction of sp³-hybridized carbons (Fsp3) is 0.647. The maximum atomic E-state index is 6.74. The van der Waals surface area contributed by atoms with Gasteiger partial charge in [0.1, 0.15) is 0 Å². The lowest BCUT2D eigenvalue weighted by Gasteiger charge is -2.40. The molecule has 0 heterocycles. The molecule has 0 bridgehead atoms. The zero-order chi connectivity index (χ0) is 13.4. The normalized spacial score (nSPS) is 29.3. The highest BCUT2D eigenvalue weighted by atomic mass is 14.8. The second-order valence-electron chi connectivity index (χ2n) is 7.02. The van der Waals surface area contributed by atoms with Gasteiger partial charge in [0.05, 0.1) is 0 Å². The van der Waals surface area contributed by atoms with Crippen molar-refractivity contribution in [1.29, 1.82) is 0 Å². The van der Waals surface area contributed by atoms with Crippen LogP contribution in [0.2, 0.25) is 0 Å². The first-order valence-corrected chi connectivity index (χ1v) is 7.24. The molecule has 1 aromatic rings. The van der Waals surface area contributed by atoms with E-state index in [1.165, 1.54) is 30.4 Å². The second-order valence-corrected chi connectivity index (χ2v) is 7.02. The average molecular weight is 245 g/mol. The Bertz CT molecular complexity index is 416. The number of benzene rings is 1. The fourth-order valence-corrected chi connectivity index (χ4v) is 3.08. The van der Waals surface area contributed by atoms with E-state index < -0.39 is 0 Å². The van der Waals surface area contributed by atoms with Crippen molar-refractivity contribution in [3.8, 4) is 0 Å². The molecule has 1 fully saturated rings. The topological polar surface area (TPSA) is 26.0 Å². The number of nitrogens with two attached hydrogens (primary N) is 1. The van der Waals surface area contributed by atoms with Gasteiger partial charge in [-0.25, -0.2) is 0 Å². The molecule has 0 aromatic heterocycles. The molecule has 2 atom stereocenters. The van der Waals surface area contributed by atoms with Crippen LogP contribution in [-0.4, -0.2) is 0 Å². The molecule has 2 rings (SSSR count). The van der Waals surface area contributed by atoms with E-state index in [1.807, 2.05) is 0 Å². The van der Waals surface area contributed by atoms with E-state index in [4.69, 9.17) is 5.73 Å². The zero-order valence-electron chi connectivity index (χ0n) is 12.3. The van der Waals surface area contributed by atoms with Crippen LogP contribution in [0.5, 0.6) is 0 Å². The van der Waals surface area contributed by atoms with Crippen LogP contribution >= 0.6 is 0 Å². The summed E-state index contributed by atoms with van der Waals surface area (Å²) in [6, 6.07) is 8.95. The molecule has 0 saturated heterocycles. The van der Waals surface area contributed by atoms with Gasteiger partial charge < -0.3 is 5.73 Å².